The molecule has 30 heavy (non-hydrogen) atoms. The monoisotopic (exact) mass is 442 g/mol. The van der Waals surface area contributed by atoms with E-state index in [9.17, 15) is 20.1 Å². The highest BCUT2D eigenvalue weighted by molar-refractivity contribution is 7.99. The summed E-state index contributed by atoms with van der Waals surface area (Å²) in [5.74, 6) is -0.112. The molecule has 0 aliphatic carbocycles. The molecule has 0 saturated carbocycles. The molecule has 170 valence electrons. The first kappa shape index (κ1) is 23.7. The highest BCUT2D eigenvalue weighted by Crippen LogP contribution is 2.31. The molecule has 3 heterocycles. The molecule has 3 rings (SSSR count). The predicted molar refractivity (Wildman–Crippen MR) is 115 cm³/mol. The first-order valence-electron chi connectivity index (χ1n) is 10.5. The van der Waals surface area contributed by atoms with Crippen LogP contribution in [-0.2, 0) is 14.3 Å². The van der Waals surface area contributed by atoms with Gasteiger partial charge in [-0.15, -0.1) is 11.8 Å². The SMILES string of the molecule is C=CC1=CCO[C@@H]2[C@H](CN[C@@H]2C(=O)N[C@H](C(C)C)[C@H]2OC(SC)[C@H](O)C(O)C2O)C1. The van der Waals surface area contributed by atoms with Crippen LogP contribution in [-0.4, -0.2) is 88.7 Å². The van der Waals surface area contributed by atoms with Gasteiger partial charge in [0, 0.05) is 12.5 Å². The average Bonchev–Trinajstić information content (AvgIpc) is 3.00. The molecule has 9 atom stereocenters. The number of fused-ring (bicyclic) bond motifs is 1. The normalized spacial score (nSPS) is 40.3. The number of aliphatic hydroxyl groups excluding tert-OH is 3. The molecule has 3 unspecified atom stereocenters. The summed E-state index contributed by atoms with van der Waals surface area (Å²) in [6.07, 6.45) is 1.45. The van der Waals surface area contributed by atoms with Crippen LogP contribution in [0.1, 0.15) is 20.3 Å². The maximum Gasteiger partial charge on any atom is 0.240 e. The number of amides is 1. The number of carbonyl (C=O) groups excluding carboxylic acids is 1. The molecule has 0 aromatic heterocycles. The number of ether oxygens (including phenoxy) is 2. The van der Waals surface area contributed by atoms with Crippen LogP contribution in [0.15, 0.2) is 24.3 Å². The van der Waals surface area contributed by atoms with Crippen molar-refractivity contribution in [3.63, 3.8) is 0 Å². The number of hydrogen-bond donors (Lipinski definition) is 5. The van der Waals surface area contributed by atoms with Gasteiger partial charge >= 0.3 is 0 Å². The standard InChI is InChI=1S/C21H34N2O6S/c1-5-11-6-7-28-18-12(8-11)9-22-14(18)20(27)23-13(10(2)3)19-16(25)15(24)17(26)21(29-19)30-4/h5-6,10,12-19,21-22,24-26H,1,7-9H2,2-4H3,(H,23,27)/t12-,13+,14-,15?,16?,17+,18+,19+,21?/m0/s1. The fourth-order valence-electron chi connectivity index (χ4n) is 4.51. The lowest BCUT2D eigenvalue weighted by Gasteiger charge is -2.44. The van der Waals surface area contributed by atoms with Crippen LogP contribution in [0, 0.1) is 11.8 Å². The third kappa shape index (κ3) is 4.77. The summed E-state index contributed by atoms with van der Waals surface area (Å²) < 4.78 is 11.9. The van der Waals surface area contributed by atoms with E-state index >= 15 is 0 Å². The van der Waals surface area contributed by atoms with Gasteiger partial charge in [-0.2, -0.15) is 0 Å². The fraction of sp³-hybridized carbons (Fsp3) is 0.762. The first-order chi connectivity index (χ1) is 14.3. The van der Waals surface area contributed by atoms with Gasteiger partial charge in [0.25, 0.3) is 0 Å². The zero-order valence-corrected chi connectivity index (χ0v) is 18.5. The predicted octanol–water partition coefficient (Wildman–Crippen LogP) is -0.213. The van der Waals surface area contributed by atoms with E-state index in [-0.39, 0.29) is 23.8 Å². The van der Waals surface area contributed by atoms with Crippen LogP contribution < -0.4 is 10.6 Å². The smallest absolute Gasteiger partial charge is 0.240 e. The van der Waals surface area contributed by atoms with Gasteiger partial charge in [0.15, 0.2) is 0 Å². The van der Waals surface area contributed by atoms with E-state index in [2.05, 4.69) is 17.2 Å². The second-order valence-corrected chi connectivity index (χ2v) is 9.52. The molecule has 0 spiro atoms. The van der Waals surface area contributed by atoms with E-state index in [4.69, 9.17) is 9.47 Å². The average molecular weight is 443 g/mol. The molecule has 2 fully saturated rings. The van der Waals surface area contributed by atoms with Gasteiger partial charge in [0.1, 0.15) is 35.9 Å². The third-order valence-corrected chi connectivity index (χ3v) is 7.14. The van der Waals surface area contributed by atoms with Crippen LogP contribution in [0.4, 0.5) is 0 Å². The Morgan fingerprint density at radius 1 is 1.33 bits per heavy atom. The van der Waals surface area contributed by atoms with Gasteiger partial charge in [-0.25, -0.2) is 0 Å². The van der Waals surface area contributed by atoms with E-state index in [1.807, 2.05) is 26.0 Å². The topological polar surface area (TPSA) is 120 Å². The van der Waals surface area contributed by atoms with Crippen LogP contribution in [0.25, 0.3) is 0 Å². The number of hydrogen-bond acceptors (Lipinski definition) is 8. The summed E-state index contributed by atoms with van der Waals surface area (Å²) in [7, 11) is 0. The van der Waals surface area contributed by atoms with E-state index < -0.39 is 41.9 Å². The van der Waals surface area contributed by atoms with Crippen LogP contribution in [0.2, 0.25) is 0 Å². The van der Waals surface area contributed by atoms with E-state index in [1.165, 1.54) is 11.8 Å². The Hall–Kier alpha value is -0.940. The van der Waals surface area contributed by atoms with Gasteiger partial charge in [-0.1, -0.05) is 32.6 Å². The minimum absolute atomic E-state index is 0.0696. The number of nitrogens with one attached hydrogen (secondary N) is 2. The highest BCUT2D eigenvalue weighted by Gasteiger charge is 2.49. The Labute approximate surface area is 182 Å². The highest BCUT2D eigenvalue weighted by atomic mass is 32.2. The summed E-state index contributed by atoms with van der Waals surface area (Å²) in [4.78, 5) is 13.2. The summed E-state index contributed by atoms with van der Waals surface area (Å²) in [6, 6.07) is -1.06. The van der Waals surface area contributed by atoms with Crippen molar-refractivity contribution in [2.45, 2.75) is 68.3 Å². The molecule has 9 heteroatoms. The molecule has 2 saturated heterocycles. The Morgan fingerprint density at radius 2 is 2.07 bits per heavy atom. The van der Waals surface area contributed by atoms with Gasteiger partial charge in [0.05, 0.1) is 18.8 Å². The molecule has 3 aliphatic rings. The fourth-order valence-corrected chi connectivity index (χ4v) is 5.19. The maximum atomic E-state index is 13.2. The quantitative estimate of drug-likeness (QED) is 0.383. The van der Waals surface area contributed by atoms with E-state index in [0.29, 0.717) is 13.2 Å². The zero-order valence-electron chi connectivity index (χ0n) is 17.7. The summed E-state index contributed by atoms with van der Waals surface area (Å²) >= 11 is 1.25. The summed E-state index contributed by atoms with van der Waals surface area (Å²) in [5, 5.41) is 37.2. The van der Waals surface area contributed by atoms with Crippen LogP contribution in [0.5, 0.6) is 0 Å². The minimum Gasteiger partial charge on any atom is -0.388 e. The van der Waals surface area contributed by atoms with Gasteiger partial charge in [-0.3, -0.25) is 4.79 Å². The number of rotatable bonds is 6. The van der Waals surface area contributed by atoms with Crippen molar-refractivity contribution in [2.24, 2.45) is 11.8 Å². The van der Waals surface area contributed by atoms with Gasteiger partial charge in [0.2, 0.25) is 5.91 Å². The lowest BCUT2D eigenvalue weighted by molar-refractivity contribution is -0.208. The van der Waals surface area contributed by atoms with Crippen molar-refractivity contribution in [3.8, 4) is 0 Å². The number of carbonyl (C=O) groups is 1. The second kappa shape index (κ2) is 10.1. The molecule has 0 aromatic carbocycles. The first-order valence-corrected chi connectivity index (χ1v) is 11.8. The Morgan fingerprint density at radius 3 is 2.70 bits per heavy atom. The summed E-state index contributed by atoms with van der Waals surface area (Å²) in [5.41, 5.74) is 0.439. The lowest BCUT2D eigenvalue weighted by Crippen LogP contribution is -2.65. The molecule has 0 aromatic rings. The molecular formula is C21H34N2O6S. The molecular weight excluding hydrogens is 408 g/mol. The molecule has 1 amide bonds. The summed E-state index contributed by atoms with van der Waals surface area (Å²) in [6.45, 7) is 8.77. The largest absolute Gasteiger partial charge is 0.388 e. The zero-order chi connectivity index (χ0) is 22.0. The van der Waals surface area contributed by atoms with Crippen molar-refractivity contribution in [1.29, 1.82) is 0 Å². The van der Waals surface area contributed by atoms with Crippen molar-refractivity contribution in [2.75, 3.05) is 19.4 Å². The minimum atomic E-state index is -1.35. The molecule has 5 N–H and O–H groups in total. The Bertz CT molecular complexity index is 657. The van der Waals surface area contributed by atoms with Gasteiger partial charge < -0.3 is 35.4 Å². The lowest BCUT2D eigenvalue weighted by atomic mass is 9.88. The van der Waals surface area contributed by atoms with Crippen molar-refractivity contribution in [3.05, 3.63) is 24.3 Å². The third-order valence-electron chi connectivity index (χ3n) is 6.29. The maximum absolute atomic E-state index is 13.2. The second-order valence-electron chi connectivity index (χ2n) is 8.59. The van der Waals surface area contributed by atoms with E-state index in [1.54, 1.807) is 6.26 Å². The Kier molecular flexibility index (Phi) is 8.00. The van der Waals surface area contributed by atoms with Crippen molar-refractivity contribution in [1.82, 2.24) is 10.6 Å². The van der Waals surface area contributed by atoms with Crippen LogP contribution >= 0.6 is 11.8 Å². The molecule has 8 nitrogen and oxygen atoms in total. The molecule has 3 aliphatic heterocycles. The molecule has 0 radical (unpaired) electrons. The molecule has 0 bridgehead atoms. The Balaban J connectivity index is 1.71. The van der Waals surface area contributed by atoms with Crippen molar-refractivity contribution >= 4 is 17.7 Å². The number of thioether (sulfide) groups is 1. The number of allylic oxidation sites excluding steroid dienone is 2. The van der Waals surface area contributed by atoms with Gasteiger partial charge in [-0.05, 0) is 24.2 Å². The number of aliphatic hydroxyl groups is 3. The van der Waals surface area contributed by atoms with Crippen molar-refractivity contribution < 1.29 is 29.6 Å². The van der Waals surface area contributed by atoms with E-state index in [0.717, 1.165) is 12.0 Å². The van der Waals surface area contributed by atoms with Crippen LogP contribution in [0.3, 0.4) is 0 Å².